The van der Waals surface area contributed by atoms with Gasteiger partial charge in [0.1, 0.15) is 0 Å². The summed E-state index contributed by atoms with van der Waals surface area (Å²) in [5.74, 6) is 1.61. The summed E-state index contributed by atoms with van der Waals surface area (Å²) in [4.78, 5) is 2.54. The maximum absolute atomic E-state index is 5.67. The lowest BCUT2D eigenvalue weighted by atomic mass is 10.1. The van der Waals surface area contributed by atoms with E-state index in [1.807, 2.05) is 0 Å². The van der Waals surface area contributed by atoms with Gasteiger partial charge in [-0.3, -0.25) is 0 Å². The van der Waals surface area contributed by atoms with Crippen LogP contribution in [-0.4, -0.2) is 50.8 Å². The molecule has 0 amide bonds. The minimum Gasteiger partial charge on any atom is -0.380 e. The van der Waals surface area contributed by atoms with Crippen molar-refractivity contribution in [2.75, 3.05) is 45.9 Å². The van der Waals surface area contributed by atoms with Crippen LogP contribution in [0.3, 0.4) is 0 Å². The van der Waals surface area contributed by atoms with Crippen LogP contribution in [0.1, 0.15) is 33.6 Å². The van der Waals surface area contributed by atoms with Gasteiger partial charge in [-0.2, -0.15) is 0 Å². The van der Waals surface area contributed by atoms with E-state index < -0.39 is 0 Å². The van der Waals surface area contributed by atoms with Gasteiger partial charge in [-0.05, 0) is 44.3 Å². The highest BCUT2D eigenvalue weighted by Crippen LogP contribution is 2.14. The quantitative estimate of drug-likeness (QED) is 0.626. The summed E-state index contributed by atoms with van der Waals surface area (Å²) in [6, 6.07) is 0. The van der Waals surface area contributed by atoms with Crippen molar-refractivity contribution in [2.24, 2.45) is 11.8 Å². The van der Waals surface area contributed by atoms with Crippen molar-refractivity contribution < 1.29 is 4.74 Å². The predicted octanol–water partition coefficient (Wildman–Crippen LogP) is 1.98. The van der Waals surface area contributed by atoms with E-state index in [1.165, 1.54) is 32.5 Å². The molecule has 3 nitrogen and oxygen atoms in total. The van der Waals surface area contributed by atoms with E-state index >= 15 is 0 Å². The lowest BCUT2D eigenvalue weighted by Crippen LogP contribution is -2.28. The highest BCUT2D eigenvalue weighted by Gasteiger charge is 2.21. The molecule has 1 atom stereocenters. The summed E-state index contributed by atoms with van der Waals surface area (Å²) in [7, 11) is 0. The number of rotatable bonds is 9. The number of hydrogen-bond donors (Lipinski definition) is 1. The lowest BCUT2D eigenvalue weighted by molar-refractivity contribution is 0.102. The van der Waals surface area contributed by atoms with Gasteiger partial charge in [-0.25, -0.2) is 0 Å². The minimum absolute atomic E-state index is 0.756. The Labute approximate surface area is 107 Å². The van der Waals surface area contributed by atoms with Crippen LogP contribution in [0.2, 0.25) is 0 Å². The maximum atomic E-state index is 5.67. The van der Waals surface area contributed by atoms with Crippen LogP contribution in [0.25, 0.3) is 0 Å². The molecule has 3 heteroatoms. The molecule has 1 rings (SSSR count). The van der Waals surface area contributed by atoms with E-state index in [0.717, 1.165) is 38.1 Å². The molecule has 1 fully saturated rings. The molecule has 102 valence electrons. The second-order valence-electron chi connectivity index (χ2n) is 5.56. The summed E-state index contributed by atoms with van der Waals surface area (Å²) in [5.41, 5.74) is 0. The summed E-state index contributed by atoms with van der Waals surface area (Å²) in [6.45, 7) is 14.4. The molecular formula is C14H30N2O. The van der Waals surface area contributed by atoms with Crippen LogP contribution in [0, 0.1) is 11.8 Å². The molecule has 0 radical (unpaired) electrons. The average molecular weight is 242 g/mol. The first-order chi connectivity index (χ1) is 8.22. The third kappa shape index (κ3) is 7.02. The topological polar surface area (TPSA) is 24.5 Å². The molecule has 1 aliphatic rings. The summed E-state index contributed by atoms with van der Waals surface area (Å²) in [6.07, 6.45) is 2.53. The molecule has 17 heavy (non-hydrogen) atoms. The Morgan fingerprint density at radius 3 is 2.88 bits per heavy atom. The van der Waals surface area contributed by atoms with Crippen LogP contribution < -0.4 is 5.32 Å². The maximum Gasteiger partial charge on any atom is 0.0593 e. The van der Waals surface area contributed by atoms with Crippen LogP contribution in [-0.2, 0) is 4.74 Å². The SMILES string of the molecule is CCNCC1CCN(CCOCCC(C)C)C1. The zero-order valence-corrected chi connectivity index (χ0v) is 11.9. The zero-order valence-electron chi connectivity index (χ0n) is 11.9. The van der Waals surface area contributed by atoms with Crippen molar-refractivity contribution >= 4 is 0 Å². The van der Waals surface area contributed by atoms with E-state index in [-0.39, 0.29) is 0 Å². The van der Waals surface area contributed by atoms with Crippen molar-refractivity contribution in [1.82, 2.24) is 10.2 Å². The molecule has 0 saturated carbocycles. The zero-order chi connectivity index (χ0) is 12.5. The van der Waals surface area contributed by atoms with Gasteiger partial charge < -0.3 is 15.0 Å². The fraction of sp³-hybridized carbons (Fsp3) is 1.00. The molecule has 0 aromatic carbocycles. The first-order valence-electron chi connectivity index (χ1n) is 7.23. The van der Waals surface area contributed by atoms with E-state index in [0.29, 0.717) is 0 Å². The second-order valence-corrected chi connectivity index (χ2v) is 5.56. The average Bonchev–Trinajstić information content (AvgIpc) is 2.73. The molecule has 1 saturated heterocycles. The Morgan fingerprint density at radius 1 is 1.35 bits per heavy atom. The number of ether oxygens (including phenoxy) is 1. The van der Waals surface area contributed by atoms with Crippen LogP contribution in [0.5, 0.6) is 0 Å². The highest BCUT2D eigenvalue weighted by atomic mass is 16.5. The van der Waals surface area contributed by atoms with Crippen LogP contribution in [0.4, 0.5) is 0 Å². The second kappa shape index (κ2) is 8.90. The fourth-order valence-corrected chi connectivity index (χ4v) is 2.25. The van der Waals surface area contributed by atoms with Gasteiger partial charge in [0.2, 0.25) is 0 Å². The molecule has 0 aromatic rings. The number of likely N-dealkylation sites (tertiary alicyclic amines) is 1. The number of hydrogen-bond acceptors (Lipinski definition) is 3. The summed E-state index contributed by atoms with van der Waals surface area (Å²) < 4.78 is 5.67. The number of nitrogens with zero attached hydrogens (tertiary/aromatic N) is 1. The molecule has 1 N–H and O–H groups in total. The molecule has 0 spiro atoms. The van der Waals surface area contributed by atoms with Gasteiger partial charge in [0.15, 0.2) is 0 Å². The Kier molecular flexibility index (Phi) is 7.82. The van der Waals surface area contributed by atoms with Crippen molar-refractivity contribution in [1.29, 1.82) is 0 Å². The van der Waals surface area contributed by atoms with Gasteiger partial charge >= 0.3 is 0 Å². The molecule has 1 unspecified atom stereocenters. The van der Waals surface area contributed by atoms with E-state index in [9.17, 15) is 0 Å². The third-order valence-corrected chi connectivity index (χ3v) is 3.44. The van der Waals surface area contributed by atoms with Crippen LogP contribution in [0.15, 0.2) is 0 Å². The first kappa shape index (κ1) is 14.9. The molecule has 1 heterocycles. The number of nitrogens with one attached hydrogen (secondary N) is 1. The monoisotopic (exact) mass is 242 g/mol. The highest BCUT2D eigenvalue weighted by molar-refractivity contribution is 4.76. The molecule has 0 aromatic heterocycles. The van der Waals surface area contributed by atoms with Crippen molar-refractivity contribution in [3.63, 3.8) is 0 Å². The van der Waals surface area contributed by atoms with Crippen molar-refractivity contribution in [3.05, 3.63) is 0 Å². The fourth-order valence-electron chi connectivity index (χ4n) is 2.25. The van der Waals surface area contributed by atoms with E-state index in [2.05, 4.69) is 31.0 Å². The Bertz CT molecular complexity index is 185. The van der Waals surface area contributed by atoms with Crippen molar-refractivity contribution in [3.8, 4) is 0 Å². The van der Waals surface area contributed by atoms with Gasteiger partial charge in [0.25, 0.3) is 0 Å². The molecule has 0 aliphatic carbocycles. The van der Waals surface area contributed by atoms with Gasteiger partial charge in [0.05, 0.1) is 6.61 Å². The Hall–Kier alpha value is -0.120. The van der Waals surface area contributed by atoms with Crippen LogP contribution >= 0.6 is 0 Å². The lowest BCUT2D eigenvalue weighted by Gasteiger charge is -2.16. The molecule has 0 bridgehead atoms. The molecular weight excluding hydrogens is 212 g/mol. The van der Waals surface area contributed by atoms with E-state index in [1.54, 1.807) is 0 Å². The predicted molar refractivity (Wildman–Crippen MR) is 73.4 cm³/mol. The molecule has 1 aliphatic heterocycles. The van der Waals surface area contributed by atoms with Gasteiger partial charge in [-0.15, -0.1) is 0 Å². The standard InChI is InChI=1S/C14H30N2O/c1-4-15-11-14-5-7-16(12-14)8-10-17-9-6-13(2)3/h13-15H,4-12H2,1-3H3. The largest absolute Gasteiger partial charge is 0.380 e. The van der Waals surface area contributed by atoms with E-state index in [4.69, 9.17) is 4.74 Å². The smallest absolute Gasteiger partial charge is 0.0593 e. The van der Waals surface area contributed by atoms with Crippen molar-refractivity contribution in [2.45, 2.75) is 33.6 Å². The third-order valence-electron chi connectivity index (χ3n) is 3.44. The Morgan fingerprint density at radius 2 is 2.18 bits per heavy atom. The Balaban J connectivity index is 1.94. The summed E-state index contributed by atoms with van der Waals surface area (Å²) in [5, 5.41) is 3.44. The minimum atomic E-state index is 0.756. The normalized spacial score (nSPS) is 21.5. The van der Waals surface area contributed by atoms with Gasteiger partial charge in [-0.1, -0.05) is 20.8 Å². The first-order valence-corrected chi connectivity index (χ1v) is 7.23. The summed E-state index contributed by atoms with van der Waals surface area (Å²) >= 11 is 0. The van der Waals surface area contributed by atoms with Gasteiger partial charge in [0, 0.05) is 19.7 Å².